The van der Waals surface area contributed by atoms with Crippen LogP contribution in [0.5, 0.6) is 0 Å². The van der Waals surface area contributed by atoms with Crippen LogP contribution in [0.3, 0.4) is 0 Å². The zero-order valence-corrected chi connectivity index (χ0v) is 6.59. The van der Waals surface area contributed by atoms with Crippen molar-refractivity contribution in [1.29, 1.82) is 0 Å². The molecule has 2 aliphatic rings. The van der Waals surface area contributed by atoms with E-state index in [1.54, 1.807) is 0 Å². The molecule has 56 valence electrons. The van der Waals surface area contributed by atoms with Crippen LogP contribution in [0.2, 0.25) is 0 Å². The van der Waals surface area contributed by atoms with Gasteiger partial charge in [0.05, 0.1) is 0 Å². The number of nitrogens with zero attached hydrogens (tertiary/aromatic N) is 1. The largest absolute Gasteiger partial charge is 0.299 e. The summed E-state index contributed by atoms with van der Waals surface area (Å²) in [4.78, 5) is 2.55. The summed E-state index contributed by atoms with van der Waals surface area (Å²) >= 11 is 0. The summed E-state index contributed by atoms with van der Waals surface area (Å²) in [5.74, 6) is 2.18. The van der Waals surface area contributed by atoms with E-state index in [4.69, 9.17) is 0 Å². The van der Waals surface area contributed by atoms with Crippen molar-refractivity contribution in [2.75, 3.05) is 19.6 Å². The second kappa shape index (κ2) is 2.39. The van der Waals surface area contributed by atoms with E-state index in [2.05, 4.69) is 24.0 Å². The third-order valence-electron chi connectivity index (χ3n) is 2.65. The van der Waals surface area contributed by atoms with Gasteiger partial charge in [0.25, 0.3) is 0 Å². The van der Waals surface area contributed by atoms with E-state index in [0.29, 0.717) is 0 Å². The monoisotopic (exact) mass is 137 g/mol. The molecule has 1 saturated heterocycles. The molecule has 1 saturated carbocycles. The number of piperidine rings is 1. The molecule has 1 aliphatic carbocycles. The molecule has 0 N–H and O–H groups in total. The SMILES string of the molecule is C/C=C/CN1C[C@H]2C[C@H]2C1. The lowest BCUT2D eigenvalue weighted by Gasteiger charge is -2.13. The summed E-state index contributed by atoms with van der Waals surface area (Å²) in [6.45, 7) is 6.02. The molecule has 2 rings (SSSR count). The number of hydrogen-bond acceptors (Lipinski definition) is 1. The first-order valence-corrected chi connectivity index (χ1v) is 4.23. The highest BCUT2D eigenvalue weighted by Crippen LogP contribution is 2.44. The molecule has 1 nitrogen and oxygen atoms in total. The van der Waals surface area contributed by atoms with Gasteiger partial charge in [0.15, 0.2) is 0 Å². The first-order chi connectivity index (χ1) is 4.90. The molecule has 0 radical (unpaired) electrons. The Kier molecular flexibility index (Phi) is 1.53. The van der Waals surface area contributed by atoms with E-state index in [1.807, 2.05) is 0 Å². The Morgan fingerprint density at radius 3 is 2.70 bits per heavy atom. The van der Waals surface area contributed by atoms with Crippen molar-refractivity contribution in [2.24, 2.45) is 11.8 Å². The topological polar surface area (TPSA) is 3.24 Å². The van der Waals surface area contributed by atoms with Gasteiger partial charge in [0, 0.05) is 19.6 Å². The Morgan fingerprint density at radius 1 is 1.40 bits per heavy atom. The van der Waals surface area contributed by atoms with Crippen LogP contribution in [0.15, 0.2) is 12.2 Å². The van der Waals surface area contributed by atoms with E-state index in [0.717, 1.165) is 11.8 Å². The first-order valence-electron chi connectivity index (χ1n) is 4.23. The molecule has 1 aliphatic heterocycles. The Bertz CT molecular complexity index is 141. The highest BCUT2D eigenvalue weighted by molar-refractivity contribution is 4.98. The molecule has 0 amide bonds. The Morgan fingerprint density at radius 2 is 2.10 bits per heavy atom. The summed E-state index contributed by atoms with van der Waals surface area (Å²) in [6.07, 6.45) is 5.92. The number of likely N-dealkylation sites (tertiary alicyclic amines) is 1. The standard InChI is InChI=1S/C9H15N/c1-2-3-4-10-6-8-5-9(8)7-10/h2-3,8-9H,4-7H2,1H3/b3-2+/t8-,9+. The van der Waals surface area contributed by atoms with Gasteiger partial charge >= 0.3 is 0 Å². The maximum atomic E-state index is 2.55. The second-order valence-corrected chi connectivity index (χ2v) is 3.54. The van der Waals surface area contributed by atoms with Crippen LogP contribution < -0.4 is 0 Å². The Balaban J connectivity index is 1.75. The minimum Gasteiger partial charge on any atom is -0.299 e. The first kappa shape index (κ1) is 6.41. The second-order valence-electron chi connectivity index (χ2n) is 3.54. The fourth-order valence-electron chi connectivity index (χ4n) is 1.90. The van der Waals surface area contributed by atoms with Crippen molar-refractivity contribution in [2.45, 2.75) is 13.3 Å². The summed E-state index contributed by atoms with van der Waals surface area (Å²) in [7, 11) is 0. The Hall–Kier alpha value is -0.300. The molecule has 1 heteroatoms. The van der Waals surface area contributed by atoms with Crippen LogP contribution in [0.4, 0.5) is 0 Å². The maximum absolute atomic E-state index is 2.55. The van der Waals surface area contributed by atoms with Crippen molar-refractivity contribution >= 4 is 0 Å². The molecule has 0 aromatic heterocycles. The van der Waals surface area contributed by atoms with Crippen LogP contribution in [0.1, 0.15) is 13.3 Å². The van der Waals surface area contributed by atoms with Crippen LogP contribution in [0.25, 0.3) is 0 Å². The highest BCUT2D eigenvalue weighted by atomic mass is 15.2. The highest BCUT2D eigenvalue weighted by Gasteiger charge is 2.44. The van der Waals surface area contributed by atoms with Crippen LogP contribution in [-0.4, -0.2) is 24.5 Å². The Labute approximate surface area is 62.7 Å². The third kappa shape index (κ3) is 1.10. The van der Waals surface area contributed by atoms with Gasteiger partial charge in [0.1, 0.15) is 0 Å². The summed E-state index contributed by atoms with van der Waals surface area (Å²) in [5.41, 5.74) is 0. The predicted octanol–water partition coefficient (Wildman–Crippen LogP) is 1.51. The zero-order chi connectivity index (χ0) is 6.97. The number of rotatable bonds is 2. The minimum atomic E-state index is 1.09. The fraction of sp³-hybridized carbons (Fsp3) is 0.778. The minimum absolute atomic E-state index is 1.09. The van der Waals surface area contributed by atoms with Gasteiger partial charge in [-0.15, -0.1) is 0 Å². The van der Waals surface area contributed by atoms with E-state index >= 15 is 0 Å². The van der Waals surface area contributed by atoms with Gasteiger partial charge < -0.3 is 0 Å². The van der Waals surface area contributed by atoms with E-state index < -0.39 is 0 Å². The van der Waals surface area contributed by atoms with E-state index in [1.165, 1.54) is 26.1 Å². The van der Waals surface area contributed by atoms with Crippen LogP contribution >= 0.6 is 0 Å². The van der Waals surface area contributed by atoms with Gasteiger partial charge in [-0.05, 0) is 25.2 Å². The van der Waals surface area contributed by atoms with Crippen molar-refractivity contribution < 1.29 is 0 Å². The molecule has 0 aromatic rings. The van der Waals surface area contributed by atoms with Crippen molar-refractivity contribution in [3.63, 3.8) is 0 Å². The van der Waals surface area contributed by atoms with E-state index in [-0.39, 0.29) is 0 Å². The summed E-state index contributed by atoms with van der Waals surface area (Å²) < 4.78 is 0. The molecule has 2 atom stereocenters. The normalized spacial score (nSPS) is 38.9. The van der Waals surface area contributed by atoms with Crippen molar-refractivity contribution in [3.05, 3.63) is 12.2 Å². The average Bonchev–Trinajstić information content (AvgIpc) is 2.56. The molecule has 2 fully saturated rings. The van der Waals surface area contributed by atoms with Gasteiger partial charge in [-0.3, -0.25) is 4.90 Å². The quantitative estimate of drug-likeness (QED) is 0.521. The summed E-state index contributed by atoms with van der Waals surface area (Å²) in [5, 5.41) is 0. The van der Waals surface area contributed by atoms with Crippen molar-refractivity contribution in [3.8, 4) is 0 Å². The smallest absolute Gasteiger partial charge is 0.0163 e. The molecular weight excluding hydrogens is 122 g/mol. The third-order valence-corrected chi connectivity index (χ3v) is 2.65. The average molecular weight is 137 g/mol. The molecular formula is C9H15N. The molecule has 0 aromatic carbocycles. The molecule has 0 unspecified atom stereocenters. The lowest BCUT2D eigenvalue weighted by molar-refractivity contribution is 0.337. The predicted molar refractivity (Wildman–Crippen MR) is 42.9 cm³/mol. The van der Waals surface area contributed by atoms with Crippen molar-refractivity contribution in [1.82, 2.24) is 4.90 Å². The maximum Gasteiger partial charge on any atom is 0.0163 e. The molecule has 0 spiro atoms. The lowest BCUT2D eigenvalue weighted by Crippen LogP contribution is -2.22. The number of allylic oxidation sites excluding steroid dienone is 1. The number of hydrogen-bond donors (Lipinski definition) is 0. The van der Waals surface area contributed by atoms with Gasteiger partial charge in [-0.2, -0.15) is 0 Å². The number of fused-ring (bicyclic) bond motifs is 1. The van der Waals surface area contributed by atoms with Gasteiger partial charge in [0.2, 0.25) is 0 Å². The fourth-order valence-corrected chi connectivity index (χ4v) is 1.90. The molecule has 0 bridgehead atoms. The van der Waals surface area contributed by atoms with Gasteiger partial charge in [-0.1, -0.05) is 12.2 Å². The summed E-state index contributed by atoms with van der Waals surface area (Å²) in [6, 6.07) is 0. The zero-order valence-electron chi connectivity index (χ0n) is 6.59. The van der Waals surface area contributed by atoms with E-state index in [9.17, 15) is 0 Å². The van der Waals surface area contributed by atoms with Crippen LogP contribution in [-0.2, 0) is 0 Å². The van der Waals surface area contributed by atoms with Gasteiger partial charge in [-0.25, -0.2) is 0 Å². The lowest BCUT2D eigenvalue weighted by atomic mass is 10.4. The molecule has 1 heterocycles. The van der Waals surface area contributed by atoms with Crippen LogP contribution in [0, 0.1) is 11.8 Å². The molecule has 10 heavy (non-hydrogen) atoms.